The summed E-state index contributed by atoms with van der Waals surface area (Å²) in [6, 6.07) is 14.3. The number of ether oxygens (including phenoxy) is 1. The fourth-order valence-electron chi connectivity index (χ4n) is 3.47. The number of carbonyl (C=O) groups excluding carboxylic acids is 1. The molecule has 1 saturated heterocycles. The number of anilines is 1. The predicted molar refractivity (Wildman–Crippen MR) is 106 cm³/mol. The Hall–Kier alpha value is -2.56. The third-order valence-corrected chi connectivity index (χ3v) is 5.09. The average Bonchev–Trinajstić information content (AvgIpc) is 2.70. The summed E-state index contributed by atoms with van der Waals surface area (Å²) < 4.78 is 19.1. The van der Waals surface area contributed by atoms with E-state index >= 15 is 0 Å². The van der Waals surface area contributed by atoms with Crippen LogP contribution in [0.5, 0.6) is 5.75 Å². The smallest absolute Gasteiger partial charge is 0.321 e. The van der Waals surface area contributed by atoms with E-state index in [-0.39, 0.29) is 11.7 Å². The molecule has 0 unspecified atom stereocenters. The summed E-state index contributed by atoms with van der Waals surface area (Å²) in [6.07, 6.45) is 4.14. The zero-order chi connectivity index (χ0) is 19.1. The second-order valence-corrected chi connectivity index (χ2v) is 6.96. The van der Waals surface area contributed by atoms with Crippen LogP contribution in [0.15, 0.2) is 48.5 Å². The minimum Gasteiger partial charge on any atom is -0.494 e. The van der Waals surface area contributed by atoms with Crippen molar-refractivity contribution in [2.45, 2.75) is 32.6 Å². The zero-order valence-corrected chi connectivity index (χ0v) is 15.8. The Morgan fingerprint density at radius 1 is 1.15 bits per heavy atom. The van der Waals surface area contributed by atoms with E-state index in [0.29, 0.717) is 25.6 Å². The number of benzene rings is 2. The van der Waals surface area contributed by atoms with Crippen LogP contribution in [0.2, 0.25) is 0 Å². The molecule has 0 saturated carbocycles. The number of hydrogen-bond acceptors (Lipinski definition) is 2. The van der Waals surface area contributed by atoms with Crippen LogP contribution in [0.4, 0.5) is 14.9 Å². The van der Waals surface area contributed by atoms with E-state index in [1.165, 1.54) is 11.6 Å². The Kier molecular flexibility index (Phi) is 6.69. The number of hydrogen-bond donors (Lipinski definition) is 1. The van der Waals surface area contributed by atoms with Crippen LogP contribution in [0.1, 0.15) is 31.7 Å². The van der Waals surface area contributed by atoms with E-state index in [1.54, 1.807) is 23.1 Å². The van der Waals surface area contributed by atoms with Crippen LogP contribution in [-0.2, 0) is 6.42 Å². The van der Waals surface area contributed by atoms with Gasteiger partial charge in [-0.05, 0) is 68.4 Å². The molecule has 2 aromatic carbocycles. The lowest BCUT2D eigenvalue weighted by molar-refractivity contribution is 0.180. The maximum atomic E-state index is 13.7. The van der Waals surface area contributed by atoms with E-state index < -0.39 is 5.82 Å². The number of nitrogens with one attached hydrogen (secondary N) is 1. The molecule has 4 nitrogen and oxygen atoms in total. The van der Waals surface area contributed by atoms with Gasteiger partial charge in [-0.3, -0.25) is 0 Å². The lowest BCUT2D eigenvalue weighted by atomic mass is 9.90. The first kappa shape index (κ1) is 19.2. The summed E-state index contributed by atoms with van der Waals surface area (Å²) in [6.45, 7) is 4.10. The summed E-state index contributed by atoms with van der Waals surface area (Å²) in [5.74, 6) is 1.13. The number of halogens is 1. The van der Waals surface area contributed by atoms with Crippen LogP contribution in [-0.4, -0.2) is 30.6 Å². The Balaban J connectivity index is 1.42. The molecule has 0 radical (unpaired) electrons. The summed E-state index contributed by atoms with van der Waals surface area (Å²) in [7, 11) is 0. The number of rotatable bonds is 6. The SMILES string of the molecule is CCOc1ccc(CCC2CCN(C(=O)Nc3ccccc3F)CC2)cc1. The highest BCUT2D eigenvalue weighted by molar-refractivity contribution is 5.89. The lowest BCUT2D eigenvalue weighted by Crippen LogP contribution is -2.41. The minimum absolute atomic E-state index is 0.218. The van der Waals surface area contributed by atoms with Crippen molar-refractivity contribution in [2.75, 3.05) is 25.0 Å². The molecule has 2 amide bonds. The van der Waals surface area contributed by atoms with E-state index in [1.807, 2.05) is 19.1 Å². The molecule has 0 aromatic heterocycles. The van der Waals surface area contributed by atoms with E-state index in [4.69, 9.17) is 4.74 Å². The standard InChI is InChI=1S/C22H27FN2O2/c1-2-27-19-11-9-17(10-12-19)7-8-18-13-15-25(16-14-18)22(26)24-21-6-4-3-5-20(21)23/h3-6,9-12,18H,2,7-8,13-16H2,1H3,(H,24,26). The van der Waals surface area contributed by atoms with Crippen molar-refractivity contribution in [1.29, 1.82) is 0 Å². The van der Waals surface area contributed by atoms with Gasteiger partial charge >= 0.3 is 6.03 Å². The number of amides is 2. The van der Waals surface area contributed by atoms with Crippen molar-refractivity contribution in [3.05, 3.63) is 59.9 Å². The molecular weight excluding hydrogens is 343 g/mol. The Morgan fingerprint density at radius 2 is 1.85 bits per heavy atom. The van der Waals surface area contributed by atoms with Gasteiger partial charge < -0.3 is 15.0 Å². The quantitative estimate of drug-likeness (QED) is 0.768. The molecule has 1 fully saturated rings. The highest BCUT2D eigenvalue weighted by Crippen LogP contribution is 2.24. The van der Waals surface area contributed by atoms with Crippen molar-refractivity contribution < 1.29 is 13.9 Å². The summed E-state index contributed by atoms with van der Waals surface area (Å²) in [5.41, 5.74) is 1.55. The molecule has 1 aliphatic heterocycles. The molecule has 2 aromatic rings. The van der Waals surface area contributed by atoms with Crippen molar-refractivity contribution in [3.8, 4) is 5.75 Å². The van der Waals surface area contributed by atoms with Gasteiger partial charge in [-0.25, -0.2) is 9.18 Å². The number of carbonyl (C=O) groups is 1. The predicted octanol–water partition coefficient (Wildman–Crippen LogP) is 5.10. The van der Waals surface area contributed by atoms with E-state index in [9.17, 15) is 9.18 Å². The summed E-state index contributed by atoms with van der Waals surface area (Å²) in [4.78, 5) is 14.1. The Morgan fingerprint density at radius 3 is 2.52 bits per heavy atom. The second kappa shape index (κ2) is 9.40. The topological polar surface area (TPSA) is 41.6 Å². The van der Waals surface area contributed by atoms with E-state index in [0.717, 1.165) is 31.4 Å². The van der Waals surface area contributed by atoms with Crippen LogP contribution in [0, 0.1) is 11.7 Å². The number of aryl methyl sites for hydroxylation is 1. The fourth-order valence-corrected chi connectivity index (χ4v) is 3.47. The van der Waals surface area contributed by atoms with Crippen LogP contribution < -0.4 is 10.1 Å². The number of urea groups is 1. The number of nitrogens with zero attached hydrogens (tertiary/aromatic N) is 1. The zero-order valence-electron chi connectivity index (χ0n) is 15.8. The number of piperidine rings is 1. The second-order valence-electron chi connectivity index (χ2n) is 6.96. The first-order valence-electron chi connectivity index (χ1n) is 9.68. The van der Waals surface area contributed by atoms with Gasteiger partial charge in [0.15, 0.2) is 0 Å². The highest BCUT2D eigenvalue weighted by Gasteiger charge is 2.23. The molecule has 0 spiro atoms. The van der Waals surface area contributed by atoms with Crippen molar-refractivity contribution in [3.63, 3.8) is 0 Å². The monoisotopic (exact) mass is 370 g/mol. The van der Waals surface area contributed by atoms with Crippen molar-refractivity contribution >= 4 is 11.7 Å². The largest absolute Gasteiger partial charge is 0.494 e. The van der Waals surface area contributed by atoms with Gasteiger partial charge in [-0.1, -0.05) is 24.3 Å². The molecule has 5 heteroatoms. The van der Waals surface area contributed by atoms with E-state index in [2.05, 4.69) is 17.4 Å². The highest BCUT2D eigenvalue weighted by atomic mass is 19.1. The normalized spacial score (nSPS) is 14.8. The fraction of sp³-hybridized carbons (Fsp3) is 0.409. The molecule has 0 aliphatic carbocycles. The molecular formula is C22H27FN2O2. The first-order chi connectivity index (χ1) is 13.2. The van der Waals surface area contributed by atoms with Crippen LogP contribution in [0.3, 0.4) is 0 Å². The summed E-state index contributed by atoms with van der Waals surface area (Å²) in [5, 5.41) is 2.67. The lowest BCUT2D eigenvalue weighted by Gasteiger charge is -2.32. The van der Waals surface area contributed by atoms with Gasteiger partial charge in [0, 0.05) is 13.1 Å². The minimum atomic E-state index is -0.406. The van der Waals surface area contributed by atoms with Gasteiger partial charge in [-0.15, -0.1) is 0 Å². The molecule has 1 heterocycles. The molecule has 27 heavy (non-hydrogen) atoms. The van der Waals surface area contributed by atoms with Gasteiger partial charge in [-0.2, -0.15) is 0 Å². The first-order valence-corrected chi connectivity index (χ1v) is 9.68. The molecule has 1 aliphatic rings. The molecule has 0 bridgehead atoms. The van der Waals surface area contributed by atoms with Gasteiger partial charge in [0.05, 0.1) is 12.3 Å². The Labute approximate surface area is 160 Å². The Bertz CT molecular complexity index is 740. The third kappa shape index (κ3) is 5.46. The number of likely N-dealkylation sites (tertiary alicyclic amines) is 1. The van der Waals surface area contributed by atoms with Gasteiger partial charge in [0.1, 0.15) is 11.6 Å². The molecule has 1 N–H and O–H groups in total. The molecule has 0 atom stereocenters. The average molecular weight is 370 g/mol. The molecule has 144 valence electrons. The maximum Gasteiger partial charge on any atom is 0.321 e. The van der Waals surface area contributed by atoms with Gasteiger partial charge in [0.2, 0.25) is 0 Å². The van der Waals surface area contributed by atoms with Crippen molar-refractivity contribution in [2.24, 2.45) is 5.92 Å². The third-order valence-electron chi connectivity index (χ3n) is 5.09. The number of para-hydroxylation sites is 1. The van der Waals surface area contributed by atoms with Gasteiger partial charge in [0.25, 0.3) is 0 Å². The van der Waals surface area contributed by atoms with Crippen molar-refractivity contribution in [1.82, 2.24) is 4.90 Å². The molecule has 3 rings (SSSR count). The van der Waals surface area contributed by atoms with Crippen LogP contribution in [0.25, 0.3) is 0 Å². The van der Waals surface area contributed by atoms with Crippen LogP contribution >= 0.6 is 0 Å². The maximum absolute atomic E-state index is 13.7. The summed E-state index contributed by atoms with van der Waals surface area (Å²) >= 11 is 0.